The van der Waals surface area contributed by atoms with Gasteiger partial charge in [0.15, 0.2) is 5.82 Å². The molecule has 0 aliphatic carbocycles. The van der Waals surface area contributed by atoms with Crippen molar-refractivity contribution in [1.29, 1.82) is 0 Å². The predicted molar refractivity (Wildman–Crippen MR) is 75.9 cm³/mol. The summed E-state index contributed by atoms with van der Waals surface area (Å²) in [7, 11) is 1.48. The second-order valence-corrected chi connectivity index (χ2v) is 4.62. The molecule has 1 aromatic heterocycles. The maximum absolute atomic E-state index is 11.0. The number of ether oxygens (including phenoxy) is 2. The second-order valence-electron chi connectivity index (χ2n) is 3.83. The number of para-hydroxylation sites is 1. The molecule has 1 heterocycles. The molecule has 2 aromatic rings. The van der Waals surface area contributed by atoms with Crippen molar-refractivity contribution in [3.8, 4) is 11.6 Å². The first-order chi connectivity index (χ1) is 10.0. The molecule has 0 amide bonds. The Morgan fingerprint density at radius 1 is 1.33 bits per heavy atom. The molecule has 0 fully saturated rings. The van der Waals surface area contributed by atoms with Crippen LogP contribution in [0.4, 0.5) is 5.69 Å². The van der Waals surface area contributed by atoms with Crippen molar-refractivity contribution in [2.45, 2.75) is 6.61 Å². The van der Waals surface area contributed by atoms with Gasteiger partial charge in [-0.2, -0.15) is 4.98 Å². The van der Waals surface area contributed by atoms with E-state index >= 15 is 0 Å². The quantitative estimate of drug-likeness (QED) is 0.473. The predicted octanol–water partition coefficient (Wildman–Crippen LogP) is 3.63. The van der Waals surface area contributed by atoms with Crippen LogP contribution in [0.5, 0.6) is 11.6 Å². The minimum Gasteiger partial charge on any atom is -0.430 e. The molecule has 7 nitrogen and oxygen atoms in total. The topological polar surface area (TPSA) is 87.4 Å². The van der Waals surface area contributed by atoms with Crippen molar-refractivity contribution in [3.63, 3.8) is 0 Å². The first kappa shape index (κ1) is 15.4. The van der Waals surface area contributed by atoms with Gasteiger partial charge in [-0.05, 0) is 6.07 Å². The number of hydrogen-bond donors (Lipinski definition) is 0. The van der Waals surface area contributed by atoms with Crippen LogP contribution < -0.4 is 4.74 Å². The van der Waals surface area contributed by atoms with Crippen molar-refractivity contribution in [1.82, 2.24) is 9.97 Å². The van der Waals surface area contributed by atoms with E-state index < -0.39 is 4.92 Å². The van der Waals surface area contributed by atoms with Gasteiger partial charge in [-0.15, -0.1) is 0 Å². The molecule has 0 radical (unpaired) electrons. The number of halogens is 2. The number of nitro groups is 1. The van der Waals surface area contributed by atoms with Gasteiger partial charge in [-0.1, -0.05) is 29.3 Å². The van der Waals surface area contributed by atoms with Crippen LogP contribution in [0, 0.1) is 10.1 Å². The van der Waals surface area contributed by atoms with Gasteiger partial charge < -0.3 is 9.47 Å². The standard InChI is InChI=1S/C12H9Cl2N3O4/c1-20-6-10-15-9(14)5-11(16-10)21-12-7(13)3-2-4-8(12)17(18)19/h2-5H,6H2,1H3. The molecule has 110 valence electrons. The lowest BCUT2D eigenvalue weighted by Gasteiger charge is -2.08. The molecule has 0 atom stereocenters. The average Bonchev–Trinajstić information content (AvgIpc) is 2.40. The molecule has 0 saturated heterocycles. The number of rotatable bonds is 5. The number of nitro benzene ring substituents is 1. The smallest absolute Gasteiger partial charge is 0.313 e. The van der Waals surface area contributed by atoms with Gasteiger partial charge in [0.2, 0.25) is 11.6 Å². The van der Waals surface area contributed by atoms with E-state index in [1.807, 2.05) is 0 Å². The Kier molecular flexibility index (Phi) is 4.89. The summed E-state index contributed by atoms with van der Waals surface area (Å²) in [6.45, 7) is 0.127. The summed E-state index contributed by atoms with van der Waals surface area (Å²) in [5.41, 5.74) is -0.273. The van der Waals surface area contributed by atoms with E-state index in [2.05, 4.69) is 9.97 Å². The normalized spacial score (nSPS) is 10.4. The molecule has 0 aliphatic rings. The fourth-order valence-corrected chi connectivity index (χ4v) is 1.93. The van der Waals surface area contributed by atoms with Crippen molar-refractivity contribution in [2.24, 2.45) is 0 Å². The Hall–Kier alpha value is -1.96. The molecule has 1 aromatic carbocycles. The monoisotopic (exact) mass is 329 g/mol. The lowest BCUT2D eigenvalue weighted by molar-refractivity contribution is -0.385. The molecule has 9 heteroatoms. The van der Waals surface area contributed by atoms with Crippen molar-refractivity contribution >= 4 is 28.9 Å². The zero-order valence-corrected chi connectivity index (χ0v) is 12.3. The Morgan fingerprint density at radius 3 is 2.76 bits per heavy atom. The Bertz CT molecular complexity index is 682. The van der Waals surface area contributed by atoms with Crippen molar-refractivity contribution < 1.29 is 14.4 Å². The summed E-state index contributed by atoms with van der Waals surface area (Å²) >= 11 is 11.8. The van der Waals surface area contributed by atoms with Gasteiger partial charge >= 0.3 is 5.69 Å². The molecule has 0 unspecified atom stereocenters. The van der Waals surface area contributed by atoms with Crippen LogP contribution in [0.2, 0.25) is 10.2 Å². The minimum atomic E-state index is -0.597. The zero-order chi connectivity index (χ0) is 15.4. The van der Waals surface area contributed by atoms with Crippen LogP contribution in [-0.2, 0) is 11.3 Å². The van der Waals surface area contributed by atoms with E-state index in [9.17, 15) is 10.1 Å². The summed E-state index contributed by atoms with van der Waals surface area (Å²) in [6.07, 6.45) is 0. The van der Waals surface area contributed by atoms with Gasteiger partial charge in [0.05, 0.1) is 9.95 Å². The molecule has 0 spiro atoms. The van der Waals surface area contributed by atoms with Crippen LogP contribution in [0.25, 0.3) is 0 Å². The summed E-state index contributed by atoms with van der Waals surface area (Å²) in [4.78, 5) is 18.4. The molecule has 0 N–H and O–H groups in total. The second kappa shape index (κ2) is 6.66. The largest absolute Gasteiger partial charge is 0.430 e. The number of hydrogen-bond acceptors (Lipinski definition) is 6. The molecule has 0 aliphatic heterocycles. The highest BCUT2D eigenvalue weighted by atomic mass is 35.5. The fraction of sp³-hybridized carbons (Fsp3) is 0.167. The minimum absolute atomic E-state index is 0.0400. The highest BCUT2D eigenvalue weighted by molar-refractivity contribution is 6.32. The van der Waals surface area contributed by atoms with E-state index in [-0.39, 0.29) is 39.9 Å². The van der Waals surface area contributed by atoms with Gasteiger partial charge in [0.25, 0.3) is 0 Å². The lowest BCUT2D eigenvalue weighted by atomic mass is 10.3. The van der Waals surface area contributed by atoms with E-state index in [1.165, 1.54) is 31.4 Å². The number of nitrogens with zero attached hydrogens (tertiary/aromatic N) is 3. The Morgan fingerprint density at radius 2 is 2.10 bits per heavy atom. The number of methoxy groups -OCH3 is 1. The molecule has 0 saturated carbocycles. The Labute approximate surface area is 129 Å². The van der Waals surface area contributed by atoms with Crippen LogP contribution in [-0.4, -0.2) is 22.0 Å². The van der Waals surface area contributed by atoms with Gasteiger partial charge in [0, 0.05) is 19.2 Å². The van der Waals surface area contributed by atoms with Gasteiger partial charge in [-0.25, -0.2) is 4.98 Å². The first-order valence-electron chi connectivity index (χ1n) is 5.64. The summed E-state index contributed by atoms with van der Waals surface area (Å²) < 4.78 is 10.3. The van der Waals surface area contributed by atoms with Crippen LogP contribution in [0.15, 0.2) is 24.3 Å². The first-order valence-corrected chi connectivity index (χ1v) is 6.40. The van der Waals surface area contributed by atoms with Crippen LogP contribution in [0.1, 0.15) is 5.82 Å². The van der Waals surface area contributed by atoms with E-state index in [0.29, 0.717) is 0 Å². The van der Waals surface area contributed by atoms with Crippen LogP contribution >= 0.6 is 23.2 Å². The lowest BCUT2D eigenvalue weighted by Crippen LogP contribution is -2.00. The SMILES string of the molecule is COCc1nc(Cl)cc(Oc2c(Cl)cccc2[N+](=O)[O-])n1. The molecular formula is C12H9Cl2N3O4. The summed E-state index contributed by atoms with van der Waals surface area (Å²) in [6, 6.07) is 5.53. The third kappa shape index (κ3) is 3.78. The third-order valence-corrected chi connectivity index (χ3v) is 2.83. The Balaban J connectivity index is 2.40. The maximum atomic E-state index is 11.0. The van der Waals surface area contributed by atoms with E-state index in [4.69, 9.17) is 32.7 Å². The van der Waals surface area contributed by atoms with E-state index in [1.54, 1.807) is 0 Å². The fourth-order valence-electron chi connectivity index (χ4n) is 1.53. The van der Waals surface area contributed by atoms with Crippen molar-refractivity contribution in [3.05, 3.63) is 50.4 Å². The maximum Gasteiger partial charge on any atom is 0.313 e. The van der Waals surface area contributed by atoms with Crippen LogP contribution in [0.3, 0.4) is 0 Å². The number of benzene rings is 1. The van der Waals surface area contributed by atoms with E-state index in [0.717, 1.165) is 0 Å². The molecule has 21 heavy (non-hydrogen) atoms. The summed E-state index contributed by atoms with van der Waals surface area (Å²) in [5, 5.41) is 11.2. The highest BCUT2D eigenvalue weighted by Crippen LogP contribution is 2.37. The molecule has 2 rings (SSSR count). The summed E-state index contributed by atoms with van der Waals surface area (Å²) in [5.74, 6) is 0.218. The van der Waals surface area contributed by atoms with Crippen molar-refractivity contribution in [2.75, 3.05) is 7.11 Å². The van der Waals surface area contributed by atoms with Gasteiger partial charge in [0.1, 0.15) is 11.8 Å². The molecular weight excluding hydrogens is 321 g/mol. The average molecular weight is 330 g/mol. The third-order valence-electron chi connectivity index (χ3n) is 2.34. The zero-order valence-electron chi connectivity index (χ0n) is 10.7. The van der Waals surface area contributed by atoms with Gasteiger partial charge in [-0.3, -0.25) is 10.1 Å². The highest BCUT2D eigenvalue weighted by Gasteiger charge is 2.20. The molecule has 0 bridgehead atoms. The number of aromatic nitrogens is 2.